The van der Waals surface area contributed by atoms with Gasteiger partial charge in [0.2, 0.25) is 0 Å². The van der Waals surface area contributed by atoms with Crippen LogP contribution >= 0.6 is 11.8 Å². The first kappa shape index (κ1) is 10.8. The van der Waals surface area contributed by atoms with E-state index in [9.17, 15) is 5.11 Å². The van der Waals surface area contributed by atoms with Gasteiger partial charge in [0, 0.05) is 29.6 Å². The van der Waals surface area contributed by atoms with E-state index >= 15 is 0 Å². The van der Waals surface area contributed by atoms with E-state index in [0.29, 0.717) is 10.8 Å². The fourth-order valence-electron chi connectivity index (χ4n) is 2.68. The summed E-state index contributed by atoms with van der Waals surface area (Å²) in [5.41, 5.74) is 0. The molecule has 2 aliphatic rings. The number of nitrogens with zero attached hydrogens (tertiary/aromatic N) is 1. The summed E-state index contributed by atoms with van der Waals surface area (Å²) >= 11 is 2.06. The average Bonchev–Trinajstić information content (AvgIpc) is 2.49. The first-order chi connectivity index (χ1) is 6.58. The van der Waals surface area contributed by atoms with Crippen LogP contribution in [0.5, 0.6) is 0 Å². The third kappa shape index (κ3) is 2.26. The van der Waals surface area contributed by atoms with Gasteiger partial charge in [-0.25, -0.2) is 0 Å². The van der Waals surface area contributed by atoms with Gasteiger partial charge < -0.3 is 5.11 Å². The summed E-state index contributed by atoms with van der Waals surface area (Å²) in [4.78, 5) is 2.51. The fraction of sp³-hybridized carbons (Fsp3) is 1.00. The number of hydrogen-bond acceptors (Lipinski definition) is 3. The Morgan fingerprint density at radius 3 is 2.71 bits per heavy atom. The maximum atomic E-state index is 9.86. The second-order valence-electron chi connectivity index (χ2n) is 5.14. The maximum absolute atomic E-state index is 9.86. The lowest BCUT2D eigenvalue weighted by Gasteiger charge is -2.41. The molecule has 1 aliphatic heterocycles. The van der Waals surface area contributed by atoms with Crippen molar-refractivity contribution in [1.82, 2.24) is 4.90 Å². The zero-order valence-electron chi connectivity index (χ0n) is 9.20. The highest BCUT2D eigenvalue weighted by Crippen LogP contribution is 2.34. The molecule has 0 bridgehead atoms. The predicted octanol–water partition coefficient (Wildman–Crippen LogP) is 1.73. The van der Waals surface area contributed by atoms with Crippen LogP contribution < -0.4 is 0 Å². The molecule has 82 valence electrons. The van der Waals surface area contributed by atoms with Crippen LogP contribution in [0.2, 0.25) is 0 Å². The van der Waals surface area contributed by atoms with Crippen molar-refractivity contribution in [1.29, 1.82) is 0 Å². The normalized spacial score (nSPS) is 38.8. The number of rotatable bonds is 1. The van der Waals surface area contributed by atoms with E-state index in [1.54, 1.807) is 0 Å². The first-order valence-electron chi connectivity index (χ1n) is 5.65. The molecule has 0 amide bonds. The molecule has 1 saturated heterocycles. The molecule has 1 saturated carbocycles. The average molecular weight is 215 g/mol. The van der Waals surface area contributed by atoms with Gasteiger partial charge in [0.25, 0.3) is 0 Å². The Balaban J connectivity index is 1.97. The van der Waals surface area contributed by atoms with E-state index < -0.39 is 0 Å². The highest BCUT2D eigenvalue weighted by molar-refractivity contribution is 8.00. The molecule has 0 aromatic rings. The third-order valence-corrected chi connectivity index (χ3v) is 4.67. The van der Waals surface area contributed by atoms with Gasteiger partial charge >= 0.3 is 0 Å². The second kappa shape index (κ2) is 4.03. The molecule has 1 N–H and O–H groups in total. The molecule has 2 atom stereocenters. The summed E-state index contributed by atoms with van der Waals surface area (Å²) in [6, 6.07) is 0.454. The standard InChI is InChI=1S/C11H21NOS/c1-11(2)8-12(6-7-14-11)9-4-3-5-10(9)13/h9-10,13H,3-8H2,1-2H3/t9-,10-/m0/s1. The van der Waals surface area contributed by atoms with E-state index in [2.05, 4.69) is 30.5 Å². The van der Waals surface area contributed by atoms with Crippen molar-refractivity contribution in [2.24, 2.45) is 0 Å². The molecule has 0 unspecified atom stereocenters. The smallest absolute Gasteiger partial charge is 0.0695 e. The lowest BCUT2D eigenvalue weighted by molar-refractivity contribution is 0.0679. The van der Waals surface area contributed by atoms with Crippen molar-refractivity contribution in [2.45, 2.75) is 50.0 Å². The van der Waals surface area contributed by atoms with E-state index in [1.165, 1.54) is 18.6 Å². The summed E-state index contributed by atoms with van der Waals surface area (Å²) < 4.78 is 0.376. The van der Waals surface area contributed by atoms with Gasteiger partial charge in [-0.15, -0.1) is 0 Å². The van der Waals surface area contributed by atoms with E-state index in [0.717, 1.165) is 19.5 Å². The summed E-state index contributed by atoms with van der Waals surface area (Å²) in [5.74, 6) is 1.22. The van der Waals surface area contributed by atoms with Gasteiger partial charge in [0.15, 0.2) is 0 Å². The quantitative estimate of drug-likeness (QED) is 0.720. The van der Waals surface area contributed by atoms with Crippen LogP contribution in [0.3, 0.4) is 0 Å². The van der Waals surface area contributed by atoms with Crippen molar-refractivity contribution < 1.29 is 5.11 Å². The van der Waals surface area contributed by atoms with Crippen LogP contribution in [-0.2, 0) is 0 Å². The molecule has 2 fully saturated rings. The van der Waals surface area contributed by atoms with Crippen LogP contribution in [0.15, 0.2) is 0 Å². The topological polar surface area (TPSA) is 23.5 Å². The molecule has 0 spiro atoms. The zero-order chi connectivity index (χ0) is 10.2. The second-order valence-corrected chi connectivity index (χ2v) is 6.95. The maximum Gasteiger partial charge on any atom is 0.0695 e. The van der Waals surface area contributed by atoms with Gasteiger partial charge in [0.05, 0.1) is 6.10 Å². The molecule has 2 nitrogen and oxygen atoms in total. The highest BCUT2D eigenvalue weighted by atomic mass is 32.2. The summed E-state index contributed by atoms with van der Waals surface area (Å²) in [6.45, 7) is 6.92. The SMILES string of the molecule is CC1(C)CN([C@H]2CCC[C@@H]2O)CCS1. The molecular weight excluding hydrogens is 194 g/mol. The molecular formula is C11H21NOS. The van der Waals surface area contributed by atoms with Gasteiger partial charge in [-0.1, -0.05) is 0 Å². The van der Waals surface area contributed by atoms with Crippen molar-refractivity contribution in [3.05, 3.63) is 0 Å². The van der Waals surface area contributed by atoms with Crippen molar-refractivity contribution in [3.8, 4) is 0 Å². The molecule has 1 aliphatic carbocycles. The van der Waals surface area contributed by atoms with Crippen LogP contribution in [0.1, 0.15) is 33.1 Å². The molecule has 14 heavy (non-hydrogen) atoms. The van der Waals surface area contributed by atoms with Gasteiger partial charge in [-0.05, 0) is 33.1 Å². The molecule has 2 rings (SSSR count). The fourth-order valence-corrected chi connectivity index (χ4v) is 3.82. The first-order valence-corrected chi connectivity index (χ1v) is 6.63. The minimum Gasteiger partial charge on any atom is -0.391 e. The van der Waals surface area contributed by atoms with Gasteiger partial charge in [0.1, 0.15) is 0 Å². The van der Waals surface area contributed by atoms with Crippen molar-refractivity contribution >= 4 is 11.8 Å². The molecule has 1 heterocycles. The Morgan fingerprint density at radius 1 is 1.36 bits per heavy atom. The van der Waals surface area contributed by atoms with Crippen molar-refractivity contribution in [3.63, 3.8) is 0 Å². The van der Waals surface area contributed by atoms with Crippen LogP contribution in [0.25, 0.3) is 0 Å². The molecule has 0 radical (unpaired) electrons. The Labute approximate surface area is 91.1 Å². The monoisotopic (exact) mass is 215 g/mol. The lowest BCUT2D eigenvalue weighted by atomic mass is 10.1. The summed E-state index contributed by atoms with van der Waals surface area (Å²) in [5, 5.41) is 9.86. The Bertz CT molecular complexity index is 207. The Hall–Kier alpha value is 0.270. The summed E-state index contributed by atoms with van der Waals surface area (Å²) in [6.07, 6.45) is 3.35. The van der Waals surface area contributed by atoms with Gasteiger partial charge in [-0.2, -0.15) is 11.8 Å². The third-order valence-electron chi connectivity index (χ3n) is 3.37. The predicted molar refractivity (Wildman–Crippen MR) is 61.8 cm³/mol. The Kier molecular flexibility index (Phi) is 3.10. The van der Waals surface area contributed by atoms with E-state index in [4.69, 9.17) is 0 Å². The summed E-state index contributed by atoms with van der Waals surface area (Å²) in [7, 11) is 0. The van der Waals surface area contributed by atoms with E-state index in [-0.39, 0.29) is 6.10 Å². The largest absolute Gasteiger partial charge is 0.391 e. The van der Waals surface area contributed by atoms with Crippen LogP contribution in [0.4, 0.5) is 0 Å². The lowest BCUT2D eigenvalue weighted by Crippen LogP contribution is -2.50. The number of aliphatic hydroxyl groups is 1. The minimum absolute atomic E-state index is 0.0612. The highest BCUT2D eigenvalue weighted by Gasteiger charge is 2.36. The van der Waals surface area contributed by atoms with Crippen LogP contribution in [0, 0.1) is 0 Å². The van der Waals surface area contributed by atoms with Crippen molar-refractivity contribution in [2.75, 3.05) is 18.8 Å². The number of aliphatic hydroxyl groups excluding tert-OH is 1. The van der Waals surface area contributed by atoms with Gasteiger partial charge in [-0.3, -0.25) is 4.90 Å². The molecule has 3 heteroatoms. The Morgan fingerprint density at radius 2 is 2.14 bits per heavy atom. The molecule has 0 aromatic carbocycles. The minimum atomic E-state index is -0.0612. The number of hydrogen-bond donors (Lipinski definition) is 1. The number of thioether (sulfide) groups is 1. The van der Waals surface area contributed by atoms with Crippen LogP contribution in [-0.4, -0.2) is 45.7 Å². The zero-order valence-corrected chi connectivity index (χ0v) is 10.0. The molecule has 0 aromatic heterocycles. The van der Waals surface area contributed by atoms with E-state index in [1.807, 2.05) is 0 Å².